The molecule has 0 aromatic heterocycles. The monoisotopic (exact) mass is 288 g/mol. The Kier molecular flexibility index (Phi) is 8.15. The Morgan fingerprint density at radius 2 is 2.24 bits per heavy atom. The number of rotatable bonds is 9. The number of carbonyl (C=O) groups excluding carboxylic acids is 1. The number of amides is 1. The molecule has 1 unspecified atom stereocenters. The van der Waals surface area contributed by atoms with Gasteiger partial charge in [0.15, 0.2) is 0 Å². The van der Waals surface area contributed by atoms with Crippen LogP contribution in [0.5, 0.6) is 0 Å². The lowest BCUT2D eigenvalue weighted by atomic mass is 10.0. The molecule has 4 nitrogen and oxygen atoms in total. The highest BCUT2D eigenvalue weighted by atomic mass is 16.5. The normalized spacial score (nSPS) is 11.7. The maximum Gasteiger partial charge on any atom is 0.250 e. The van der Waals surface area contributed by atoms with Crippen molar-refractivity contribution in [3.05, 3.63) is 29.8 Å². The standard InChI is InChI=1S/C17H24N2O2/c1-3-5-7-14(4-2)12-21-13-17(20)19-16-9-6-8-15(10-16)11-18/h6,8-10,14H,3-5,7,12-13H2,1-2H3,(H,19,20). The maximum absolute atomic E-state index is 11.8. The van der Waals surface area contributed by atoms with Crippen LogP contribution in [0, 0.1) is 17.2 Å². The van der Waals surface area contributed by atoms with Crippen LogP contribution in [0.4, 0.5) is 5.69 Å². The van der Waals surface area contributed by atoms with E-state index in [0.717, 1.165) is 12.8 Å². The van der Waals surface area contributed by atoms with Gasteiger partial charge in [-0.05, 0) is 30.5 Å². The molecule has 0 spiro atoms. The molecule has 1 amide bonds. The van der Waals surface area contributed by atoms with E-state index in [1.54, 1.807) is 24.3 Å². The Balaban J connectivity index is 2.32. The van der Waals surface area contributed by atoms with Gasteiger partial charge in [-0.2, -0.15) is 5.26 Å². The molecular formula is C17H24N2O2. The molecule has 21 heavy (non-hydrogen) atoms. The van der Waals surface area contributed by atoms with E-state index in [9.17, 15) is 4.79 Å². The lowest BCUT2D eigenvalue weighted by molar-refractivity contribution is -0.121. The third-order valence-electron chi connectivity index (χ3n) is 3.41. The van der Waals surface area contributed by atoms with Crippen molar-refractivity contribution in [2.75, 3.05) is 18.5 Å². The number of unbranched alkanes of at least 4 members (excludes halogenated alkanes) is 1. The van der Waals surface area contributed by atoms with Crippen LogP contribution in [0.2, 0.25) is 0 Å². The van der Waals surface area contributed by atoms with Crippen molar-refractivity contribution < 1.29 is 9.53 Å². The molecule has 0 heterocycles. The number of benzene rings is 1. The van der Waals surface area contributed by atoms with Gasteiger partial charge in [0.05, 0.1) is 18.2 Å². The number of anilines is 1. The molecule has 1 N–H and O–H groups in total. The Labute approximate surface area is 127 Å². The third kappa shape index (κ3) is 6.92. The molecule has 1 atom stereocenters. The quantitative estimate of drug-likeness (QED) is 0.753. The number of nitriles is 1. The topological polar surface area (TPSA) is 62.1 Å². The van der Waals surface area contributed by atoms with Crippen molar-refractivity contribution >= 4 is 11.6 Å². The SMILES string of the molecule is CCCCC(CC)COCC(=O)Nc1cccc(C#N)c1. The van der Waals surface area contributed by atoms with Crippen LogP contribution < -0.4 is 5.32 Å². The van der Waals surface area contributed by atoms with E-state index in [2.05, 4.69) is 19.2 Å². The van der Waals surface area contributed by atoms with Crippen molar-refractivity contribution in [1.82, 2.24) is 0 Å². The largest absolute Gasteiger partial charge is 0.371 e. The molecule has 1 rings (SSSR count). The summed E-state index contributed by atoms with van der Waals surface area (Å²) in [6.45, 7) is 5.01. The van der Waals surface area contributed by atoms with Gasteiger partial charge in [-0.3, -0.25) is 4.79 Å². The van der Waals surface area contributed by atoms with Crippen molar-refractivity contribution in [3.8, 4) is 6.07 Å². The Hall–Kier alpha value is -1.86. The highest BCUT2D eigenvalue weighted by Crippen LogP contribution is 2.13. The van der Waals surface area contributed by atoms with Gasteiger partial charge in [0.1, 0.15) is 6.61 Å². The van der Waals surface area contributed by atoms with Crippen LogP contribution in [0.25, 0.3) is 0 Å². The summed E-state index contributed by atoms with van der Waals surface area (Å²) in [6, 6.07) is 8.89. The van der Waals surface area contributed by atoms with Gasteiger partial charge in [0.2, 0.25) is 5.91 Å². The highest BCUT2D eigenvalue weighted by Gasteiger charge is 2.08. The smallest absolute Gasteiger partial charge is 0.250 e. The van der Waals surface area contributed by atoms with Crippen molar-refractivity contribution in [3.63, 3.8) is 0 Å². The Morgan fingerprint density at radius 3 is 2.90 bits per heavy atom. The number of hydrogen-bond donors (Lipinski definition) is 1. The first-order valence-corrected chi connectivity index (χ1v) is 7.57. The molecule has 0 radical (unpaired) electrons. The molecule has 114 valence electrons. The van der Waals surface area contributed by atoms with E-state index in [1.165, 1.54) is 12.8 Å². The summed E-state index contributed by atoms with van der Waals surface area (Å²) in [7, 11) is 0. The minimum atomic E-state index is -0.185. The third-order valence-corrected chi connectivity index (χ3v) is 3.41. The number of nitrogens with zero attached hydrogens (tertiary/aromatic N) is 1. The fourth-order valence-corrected chi connectivity index (χ4v) is 2.08. The summed E-state index contributed by atoms with van der Waals surface area (Å²) >= 11 is 0. The lowest BCUT2D eigenvalue weighted by Crippen LogP contribution is -2.20. The molecule has 0 aliphatic heterocycles. The molecular weight excluding hydrogens is 264 g/mol. The average molecular weight is 288 g/mol. The number of carbonyl (C=O) groups is 1. The van der Waals surface area contributed by atoms with Gasteiger partial charge < -0.3 is 10.1 Å². The lowest BCUT2D eigenvalue weighted by Gasteiger charge is -2.14. The van der Waals surface area contributed by atoms with Crippen molar-refractivity contribution in [1.29, 1.82) is 5.26 Å². The van der Waals surface area contributed by atoms with Crippen LogP contribution in [0.3, 0.4) is 0 Å². The molecule has 1 aromatic rings. The summed E-state index contributed by atoms with van der Waals surface area (Å²) in [6.07, 6.45) is 4.62. The van der Waals surface area contributed by atoms with Gasteiger partial charge in [-0.25, -0.2) is 0 Å². The van der Waals surface area contributed by atoms with Crippen LogP contribution in [-0.2, 0) is 9.53 Å². The van der Waals surface area contributed by atoms with Gasteiger partial charge in [-0.15, -0.1) is 0 Å². The van der Waals surface area contributed by atoms with Crippen LogP contribution in [0.15, 0.2) is 24.3 Å². The number of ether oxygens (including phenoxy) is 1. The average Bonchev–Trinajstić information content (AvgIpc) is 2.50. The zero-order chi connectivity index (χ0) is 15.5. The molecule has 0 aliphatic carbocycles. The molecule has 1 aromatic carbocycles. The number of nitrogens with one attached hydrogen (secondary N) is 1. The highest BCUT2D eigenvalue weighted by molar-refractivity contribution is 5.91. The summed E-state index contributed by atoms with van der Waals surface area (Å²) in [4.78, 5) is 11.8. The van der Waals surface area contributed by atoms with Gasteiger partial charge in [0, 0.05) is 5.69 Å². The summed E-state index contributed by atoms with van der Waals surface area (Å²) in [5.41, 5.74) is 1.15. The summed E-state index contributed by atoms with van der Waals surface area (Å²) < 4.78 is 5.50. The number of hydrogen-bond acceptors (Lipinski definition) is 3. The van der Waals surface area contributed by atoms with Crippen LogP contribution in [0.1, 0.15) is 45.1 Å². The van der Waals surface area contributed by atoms with Crippen LogP contribution >= 0.6 is 0 Å². The maximum atomic E-state index is 11.8. The van der Waals surface area contributed by atoms with E-state index >= 15 is 0 Å². The fourth-order valence-electron chi connectivity index (χ4n) is 2.08. The van der Waals surface area contributed by atoms with E-state index in [1.807, 2.05) is 6.07 Å². The minimum absolute atomic E-state index is 0.0550. The molecule has 0 aliphatic rings. The molecule has 4 heteroatoms. The minimum Gasteiger partial charge on any atom is -0.371 e. The van der Waals surface area contributed by atoms with E-state index < -0.39 is 0 Å². The van der Waals surface area contributed by atoms with E-state index in [-0.39, 0.29) is 12.5 Å². The second-order valence-electron chi connectivity index (χ2n) is 5.17. The van der Waals surface area contributed by atoms with Gasteiger partial charge >= 0.3 is 0 Å². The fraction of sp³-hybridized carbons (Fsp3) is 0.529. The van der Waals surface area contributed by atoms with Crippen LogP contribution in [-0.4, -0.2) is 19.1 Å². The zero-order valence-electron chi connectivity index (χ0n) is 12.9. The van der Waals surface area contributed by atoms with Crippen molar-refractivity contribution in [2.24, 2.45) is 5.92 Å². The molecule has 0 bridgehead atoms. The summed E-state index contributed by atoms with van der Waals surface area (Å²) in [5.74, 6) is 0.343. The first-order chi connectivity index (χ1) is 10.2. The second-order valence-corrected chi connectivity index (χ2v) is 5.17. The van der Waals surface area contributed by atoms with Crippen molar-refractivity contribution in [2.45, 2.75) is 39.5 Å². The molecule has 0 fully saturated rings. The zero-order valence-corrected chi connectivity index (χ0v) is 12.9. The van der Waals surface area contributed by atoms with E-state index in [0.29, 0.717) is 23.8 Å². The first-order valence-electron chi connectivity index (χ1n) is 7.57. The summed E-state index contributed by atoms with van der Waals surface area (Å²) in [5, 5.41) is 11.5. The van der Waals surface area contributed by atoms with Gasteiger partial charge in [0.25, 0.3) is 0 Å². The Morgan fingerprint density at radius 1 is 1.43 bits per heavy atom. The van der Waals surface area contributed by atoms with Gasteiger partial charge in [-0.1, -0.05) is 39.2 Å². The van der Waals surface area contributed by atoms with E-state index in [4.69, 9.17) is 10.00 Å². The Bertz CT molecular complexity index is 480. The predicted molar refractivity (Wildman–Crippen MR) is 83.9 cm³/mol. The second kappa shape index (κ2) is 9.95. The molecule has 0 saturated heterocycles. The predicted octanol–water partition coefficient (Wildman–Crippen LogP) is 3.73. The molecule has 0 saturated carbocycles. The first kappa shape index (κ1) is 17.2.